The summed E-state index contributed by atoms with van der Waals surface area (Å²) in [6.07, 6.45) is 4.34. The first-order chi connectivity index (χ1) is 6.83. The van der Waals surface area contributed by atoms with Crippen molar-refractivity contribution in [1.29, 1.82) is 0 Å². The Labute approximate surface area is 90.6 Å². The molecule has 1 aliphatic carbocycles. The number of ether oxygens (including phenoxy) is 1. The van der Waals surface area contributed by atoms with E-state index in [1.54, 1.807) is 0 Å². The maximum absolute atomic E-state index is 9.49. The number of rotatable bonds is 9. The van der Waals surface area contributed by atoms with Crippen molar-refractivity contribution in [3.8, 4) is 0 Å². The standard InChI is InChI=1S/C10H21NO2S/c1-14-5-4-11-6-10(12)8-13-7-9-2-3-9/h9-12H,2-8H2,1H3. The van der Waals surface area contributed by atoms with Crippen LogP contribution in [0.2, 0.25) is 0 Å². The largest absolute Gasteiger partial charge is 0.389 e. The minimum atomic E-state index is -0.351. The van der Waals surface area contributed by atoms with Gasteiger partial charge >= 0.3 is 0 Å². The van der Waals surface area contributed by atoms with Gasteiger partial charge in [0.1, 0.15) is 0 Å². The Balaban J connectivity index is 1.79. The summed E-state index contributed by atoms with van der Waals surface area (Å²) in [7, 11) is 0. The fraction of sp³-hybridized carbons (Fsp3) is 1.00. The topological polar surface area (TPSA) is 41.5 Å². The first kappa shape index (κ1) is 12.3. The number of aliphatic hydroxyl groups is 1. The van der Waals surface area contributed by atoms with Gasteiger partial charge in [-0.25, -0.2) is 0 Å². The second kappa shape index (κ2) is 7.51. The minimum absolute atomic E-state index is 0.351. The molecule has 0 spiro atoms. The molecular formula is C10H21NO2S. The lowest BCUT2D eigenvalue weighted by molar-refractivity contribution is 0.0328. The van der Waals surface area contributed by atoms with Gasteiger partial charge in [-0.2, -0.15) is 11.8 Å². The van der Waals surface area contributed by atoms with Crippen LogP contribution in [-0.4, -0.2) is 49.5 Å². The quantitative estimate of drug-likeness (QED) is 0.561. The predicted octanol–water partition coefficient (Wildman–Crippen LogP) is 0.726. The summed E-state index contributed by atoms with van der Waals surface area (Å²) in [4.78, 5) is 0. The average Bonchev–Trinajstić information content (AvgIpc) is 2.96. The number of hydrogen-bond donors (Lipinski definition) is 2. The van der Waals surface area contributed by atoms with E-state index >= 15 is 0 Å². The highest BCUT2D eigenvalue weighted by atomic mass is 32.2. The zero-order valence-corrected chi connectivity index (χ0v) is 9.68. The highest BCUT2D eigenvalue weighted by molar-refractivity contribution is 7.98. The van der Waals surface area contributed by atoms with Crippen molar-refractivity contribution in [3.05, 3.63) is 0 Å². The van der Waals surface area contributed by atoms with Gasteiger partial charge in [-0.15, -0.1) is 0 Å². The van der Waals surface area contributed by atoms with Crippen LogP contribution in [0.5, 0.6) is 0 Å². The van der Waals surface area contributed by atoms with E-state index in [0.717, 1.165) is 24.8 Å². The smallest absolute Gasteiger partial charge is 0.0897 e. The highest BCUT2D eigenvalue weighted by Crippen LogP contribution is 2.28. The fourth-order valence-electron chi connectivity index (χ4n) is 1.16. The van der Waals surface area contributed by atoms with Gasteiger partial charge in [-0.05, 0) is 25.0 Å². The fourth-order valence-corrected chi connectivity index (χ4v) is 1.51. The third kappa shape index (κ3) is 6.65. The van der Waals surface area contributed by atoms with E-state index in [2.05, 4.69) is 11.6 Å². The third-order valence-electron chi connectivity index (χ3n) is 2.22. The first-order valence-corrected chi connectivity index (χ1v) is 6.67. The van der Waals surface area contributed by atoms with Gasteiger partial charge in [0.2, 0.25) is 0 Å². The van der Waals surface area contributed by atoms with E-state index in [1.165, 1.54) is 12.8 Å². The molecule has 1 aliphatic rings. The second-order valence-corrected chi connectivity index (χ2v) is 4.82. The van der Waals surface area contributed by atoms with Crippen molar-refractivity contribution in [2.75, 3.05) is 38.3 Å². The number of nitrogens with one attached hydrogen (secondary N) is 1. The number of hydrogen-bond acceptors (Lipinski definition) is 4. The van der Waals surface area contributed by atoms with Gasteiger partial charge in [-0.3, -0.25) is 0 Å². The lowest BCUT2D eigenvalue weighted by Gasteiger charge is -2.11. The lowest BCUT2D eigenvalue weighted by atomic mass is 10.3. The van der Waals surface area contributed by atoms with E-state index in [0.29, 0.717) is 13.2 Å². The van der Waals surface area contributed by atoms with E-state index in [4.69, 9.17) is 4.74 Å². The Morgan fingerprint density at radius 3 is 3.00 bits per heavy atom. The Bertz CT molecular complexity index is 142. The molecule has 0 aromatic heterocycles. The molecule has 0 bridgehead atoms. The monoisotopic (exact) mass is 219 g/mol. The summed E-state index contributed by atoms with van der Waals surface area (Å²) in [6, 6.07) is 0. The summed E-state index contributed by atoms with van der Waals surface area (Å²) in [5.41, 5.74) is 0. The molecule has 1 saturated carbocycles. The normalized spacial score (nSPS) is 18.4. The van der Waals surface area contributed by atoms with Crippen LogP contribution in [0.1, 0.15) is 12.8 Å². The summed E-state index contributed by atoms with van der Waals surface area (Å²) >= 11 is 1.81. The molecule has 0 saturated heterocycles. The minimum Gasteiger partial charge on any atom is -0.389 e. The second-order valence-electron chi connectivity index (χ2n) is 3.83. The third-order valence-corrected chi connectivity index (χ3v) is 2.84. The molecule has 1 rings (SSSR count). The molecule has 0 aliphatic heterocycles. The number of thioether (sulfide) groups is 1. The maximum atomic E-state index is 9.49. The van der Waals surface area contributed by atoms with Crippen molar-refractivity contribution < 1.29 is 9.84 Å². The molecule has 1 fully saturated rings. The van der Waals surface area contributed by atoms with Crippen LogP contribution in [0.3, 0.4) is 0 Å². The summed E-state index contributed by atoms with van der Waals surface area (Å²) < 4.78 is 5.38. The molecule has 4 heteroatoms. The molecule has 0 radical (unpaired) electrons. The molecule has 14 heavy (non-hydrogen) atoms. The van der Waals surface area contributed by atoms with E-state index in [-0.39, 0.29) is 6.10 Å². The van der Waals surface area contributed by atoms with Gasteiger partial charge in [0.15, 0.2) is 0 Å². The van der Waals surface area contributed by atoms with Gasteiger partial charge in [0, 0.05) is 25.4 Å². The highest BCUT2D eigenvalue weighted by Gasteiger charge is 2.21. The molecular weight excluding hydrogens is 198 g/mol. The van der Waals surface area contributed by atoms with E-state index in [1.807, 2.05) is 11.8 Å². The van der Waals surface area contributed by atoms with Crippen LogP contribution < -0.4 is 5.32 Å². The average molecular weight is 219 g/mol. The predicted molar refractivity (Wildman–Crippen MR) is 60.8 cm³/mol. The molecule has 0 amide bonds. The summed E-state index contributed by atoms with van der Waals surface area (Å²) in [5, 5.41) is 12.7. The van der Waals surface area contributed by atoms with Crippen molar-refractivity contribution in [2.24, 2.45) is 5.92 Å². The SMILES string of the molecule is CSCCNCC(O)COCC1CC1. The van der Waals surface area contributed by atoms with Gasteiger partial charge in [0.05, 0.1) is 12.7 Å². The molecule has 2 N–H and O–H groups in total. The molecule has 84 valence electrons. The van der Waals surface area contributed by atoms with Gasteiger partial charge in [-0.1, -0.05) is 0 Å². The zero-order valence-electron chi connectivity index (χ0n) is 8.87. The van der Waals surface area contributed by atoms with E-state index < -0.39 is 0 Å². The van der Waals surface area contributed by atoms with Crippen molar-refractivity contribution in [1.82, 2.24) is 5.32 Å². The Hall–Kier alpha value is 0.230. The molecule has 0 aromatic rings. The van der Waals surface area contributed by atoms with Crippen LogP contribution >= 0.6 is 11.8 Å². The zero-order chi connectivity index (χ0) is 10.2. The van der Waals surface area contributed by atoms with Crippen LogP contribution in [-0.2, 0) is 4.74 Å². The van der Waals surface area contributed by atoms with Crippen LogP contribution in [0.15, 0.2) is 0 Å². The van der Waals surface area contributed by atoms with Crippen molar-refractivity contribution in [2.45, 2.75) is 18.9 Å². The Morgan fingerprint density at radius 2 is 2.36 bits per heavy atom. The first-order valence-electron chi connectivity index (χ1n) is 5.28. The Morgan fingerprint density at radius 1 is 1.57 bits per heavy atom. The van der Waals surface area contributed by atoms with E-state index in [9.17, 15) is 5.11 Å². The Kier molecular flexibility index (Phi) is 6.60. The van der Waals surface area contributed by atoms with Crippen molar-refractivity contribution >= 4 is 11.8 Å². The number of aliphatic hydroxyl groups excluding tert-OH is 1. The maximum Gasteiger partial charge on any atom is 0.0897 e. The molecule has 0 aromatic carbocycles. The molecule has 3 nitrogen and oxygen atoms in total. The molecule has 1 unspecified atom stereocenters. The van der Waals surface area contributed by atoms with Crippen molar-refractivity contribution in [3.63, 3.8) is 0 Å². The summed E-state index contributed by atoms with van der Waals surface area (Å²) in [6.45, 7) is 2.91. The van der Waals surface area contributed by atoms with Gasteiger partial charge in [0.25, 0.3) is 0 Å². The molecule has 1 atom stereocenters. The van der Waals surface area contributed by atoms with Crippen LogP contribution in [0.25, 0.3) is 0 Å². The van der Waals surface area contributed by atoms with Crippen LogP contribution in [0.4, 0.5) is 0 Å². The molecule has 0 heterocycles. The van der Waals surface area contributed by atoms with Gasteiger partial charge < -0.3 is 15.2 Å². The lowest BCUT2D eigenvalue weighted by Crippen LogP contribution is -2.31. The van der Waals surface area contributed by atoms with Crippen LogP contribution in [0, 0.1) is 5.92 Å². The summed E-state index contributed by atoms with van der Waals surface area (Å²) in [5.74, 6) is 1.88.